The van der Waals surface area contributed by atoms with Gasteiger partial charge in [-0.25, -0.2) is 4.79 Å². The fraction of sp³-hybridized carbons (Fsp3) is 0.769. The molecule has 0 aromatic rings. The SMILES string of the molecule is CCC(SOC(=O)C(N)(O)CC(SC)C(CC)C(N)=O)C(N)=O. The number of hydrogen-bond donors (Lipinski definition) is 4. The van der Waals surface area contributed by atoms with E-state index in [1.54, 1.807) is 20.1 Å². The van der Waals surface area contributed by atoms with Crippen molar-refractivity contribution in [1.29, 1.82) is 0 Å². The first-order chi connectivity index (χ1) is 10.6. The van der Waals surface area contributed by atoms with Gasteiger partial charge in [0.15, 0.2) is 0 Å². The number of carbonyl (C=O) groups is 3. The Hall–Kier alpha value is -0.970. The molecule has 0 heterocycles. The van der Waals surface area contributed by atoms with Gasteiger partial charge in [0, 0.05) is 17.6 Å². The molecule has 7 N–H and O–H groups in total. The monoisotopic (exact) mass is 367 g/mol. The van der Waals surface area contributed by atoms with Crippen LogP contribution in [0.2, 0.25) is 0 Å². The second-order valence-corrected chi connectivity index (χ2v) is 7.09. The zero-order valence-corrected chi connectivity index (χ0v) is 15.1. The minimum atomic E-state index is -2.29. The molecule has 0 radical (unpaired) electrons. The van der Waals surface area contributed by atoms with Crippen molar-refractivity contribution in [2.45, 2.75) is 49.3 Å². The summed E-state index contributed by atoms with van der Waals surface area (Å²) in [4.78, 5) is 34.5. The highest BCUT2D eigenvalue weighted by Crippen LogP contribution is 2.28. The van der Waals surface area contributed by atoms with E-state index in [1.807, 2.05) is 0 Å². The summed E-state index contributed by atoms with van der Waals surface area (Å²) in [5.74, 6) is -2.78. The third kappa shape index (κ3) is 6.98. The summed E-state index contributed by atoms with van der Waals surface area (Å²) in [7, 11) is 0. The lowest BCUT2D eigenvalue weighted by Crippen LogP contribution is -2.52. The molecule has 0 aliphatic carbocycles. The number of primary amides is 2. The largest absolute Gasteiger partial charge is 0.387 e. The van der Waals surface area contributed by atoms with Crippen molar-refractivity contribution >= 4 is 41.6 Å². The molecule has 0 fully saturated rings. The van der Waals surface area contributed by atoms with Gasteiger partial charge in [-0.3, -0.25) is 15.3 Å². The van der Waals surface area contributed by atoms with Crippen LogP contribution in [0.4, 0.5) is 0 Å². The molecule has 4 unspecified atom stereocenters. The van der Waals surface area contributed by atoms with Gasteiger partial charge in [-0.2, -0.15) is 11.8 Å². The summed E-state index contributed by atoms with van der Waals surface area (Å²) in [6.45, 7) is 3.48. The smallest absolute Gasteiger partial charge is 0.365 e. The zero-order chi connectivity index (χ0) is 18.2. The van der Waals surface area contributed by atoms with Gasteiger partial charge in [-0.15, -0.1) is 0 Å². The molecule has 0 rings (SSSR count). The van der Waals surface area contributed by atoms with Crippen LogP contribution in [-0.2, 0) is 18.6 Å². The number of nitrogens with two attached hydrogens (primary N) is 3. The summed E-state index contributed by atoms with van der Waals surface area (Å²) in [6, 6.07) is 0. The quantitative estimate of drug-likeness (QED) is 0.287. The summed E-state index contributed by atoms with van der Waals surface area (Å²) in [6.07, 6.45) is 2.35. The van der Waals surface area contributed by atoms with Crippen molar-refractivity contribution in [3.05, 3.63) is 0 Å². The lowest BCUT2D eigenvalue weighted by atomic mass is 9.94. The van der Waals surface area contributed by atoms with Crippen molar-refractivity contribution in [2.75, 3.05) is 6.26 Å². The first-order valence-electron chi connectivity index (χ1n) is 7.11. The average Bonchev–Trinajstić information content (AvgIpc) is 2.46. The van der Waals surface area contributed by atoms with Crippen LogP contribution in [0.3, 0.4) is 0 Å². The zero-order valence-electron chi connectivity index (χ0n) is 13.5. The van der Waals surface area contributed by atoms with Crippen LogP contribution >= 0.6 is 23.8 Å². The van der Waals surface area contributed by atoms with E-state index >= 15 is 0 Å². The number of aliphatic hydroxyl groups is 1. The topological polar surface area (TPSA) is 159 Å². The molecule has 0 aromatic carbocycles. The molecule has 23 heavy (non-hydrogen) atoms. The molecular formula is C13H25N3O5S2. The van der Waals surface area contributed by atoms with E-state index in [-0.39, 0.29) is 6.42 Å². The van der Waals surface area contributed by atoms with Crippen LogP contribution in [0.1, 0.15) is 33.1 Å². The van der Waals surface area contributed by atoms with Crippen molar-refractivity contribution in [2.24, 2.45) is 23.1 Å². The molecule has 0 aliphatic heterocycles. The van der Waals surface area contributed by atoms with Gasteiger partial charge in [0.25, 0.3) is 0 Å². The molecule has 0 saturated carbocycles. The maximum Gasteiger partial charge on any atom is 0.365 e. The van der Waals surface area contributed by atoms with E-state index < -0.39 is 39.9 Å². The van der Waals surface area contributed by atoms with Crippen LogP contribution < -0.4 is 17.2 Å². The molecule has 134 valence electrons. The molecule has 4 atom stereocenters. The fourth-order valence-corrected chi connectivity index (χ4v) is 3.57. The van der Waals surface area contributed by atoms with Crippen LogP contribution in [-0.4, -0.2) is 45.4 Å². The Balaban J connectivity index is 4.85. The van der Waals surface area contributed by atoms with Gasteiger partial charge in [0.1, 0.15) is 5.25 Å². The first kappa shape index (κ1) is 22.0. The molecule has 0 saturated heterocycles. The van der Waals surface area contributed by atoms with E-state index in [0.717, 1.165) is 0 Å². The van der Waals surface area contributed by atoms with Crippen LogP contribution in [0.25, 0.3) is 0 Å². The maximum absolute atomic E-state index is 11.9. The van der Waals surface area contributed by atoms with E-state index in [0.29, 0.717) is 24.9 Å². The number of rotatable bonds is 11. The molecule has 10 heteroatoms. The third-order valence-electron chi connectivity index (χ3n) is 3.35. The highest BCUT2D eigenvalue weighted by Gasteiger charge is 2.40. The third-order valence-corrected chi connectivity index (χ3v) is 5.50. The normalized spacial score (nSPS) is 17.6. The summed E-state index contributed by atoms with van der Waals surface area (Å²) in [5, 5.41) is 8.98. The number of amides is 2. The van der Waals surface area contributed by atoms with E-state index in [4.69, 9.17) is 21.4 Å². The minimum absolute atomic E-state index is 0.206. The van der Waals surface area contributed by atoms with Gasteiger partial charge >= 0.3 is 5.97 Å². The van der Waals surface area contributed by atoms with Crippen molar-refractivity contribution in [3.8, 4) is 0 Å². The van der Waals surface area contributed by atoms with Crippen molar-refractivity contribution in [1.82, 2.24) is 0 Å². The Labute approximate surface area is 144 Å². The number of thioether (sulfide) groups is 1. The highest BCUT2D eigenvalue weighted by molar-refractivity contribution is 7.99. The summed E-state index contributed by atoms with van der Waals surface area (Å²) >= 11 is 1.84. The molecule has 0 bridgehead atoms. The van der Waals surface area contributed by atoms with Crippen LogP contribution in [0, 0.1) is 5.92 Å². The van der Waals surface area contributed by atoms with E-state index in [1.165, 1.54) is 11.8 Å². The fourth-order valence-electron chi connectivity index (χ4n) is 1.92. The lowest BCUT2D eigenvalue weighted by molar-refractivity contribution is -0.154. The molecule has 0 spiro atoms. The Morgan fingerprint density at radius 1 is 1.17 bits per heavy atom. The second kappa shape index (κ2) is 10.0. The summed E-state index contributed by atoms with van der Waals surface area (Å²) < 4.78 is 4.82. The lowest BCUT2D eigenvalue weighted by Gasteiger charge is -2.28. The predicted molar refractivity (Wildman–Crippen MR) is 91.0 cm³/mol. The van der Waals surface area contributed by atoms with Crippen LogP contribution in [0.15, 0.2) is 0 Å². The molecule has 8 nitrogen and oxygen atoms in total. The summed E-state index contributed by atoms with van der Waals surface area (Å²) in [5.41, 5.74) is 13.8. The molecular weight excluding hydrogens is 342 g/mol. The first-order valence-corrected chi connectivity index (χ1v) is 9.20. The number of hydrogen-bond acceptors (Lipinski definition) is 8. The van der Waals surface area contributed by atoms with Crippen LogP contribution in [0.5, 0.6) is 0 Å². The molecule has 2 amide bonds. The second-order valence-electron chi connectivity index (χ2n) is 5.09. The predicted octanol–water partition coefficient (Wildman–Crippen LogP) is -0.278. The van der Waals surface area contributed by atoms with E-state index in [2.05, 4.69) is 0 Å². The van der Waals surface area contributed by atoms with Gasteiger partial charge in [-0.1, -0.05) is 13.8 Å². The minimum Gasteiger partial charge on any atom is -0.387 e. The Bertz CT molecular complexity index is 434. The highest BCUT2D eigenvalue weighted by atomic mass is 32.2. The van der Waals surface area contributed by atoms with Gasteiger partial charge < -0.3 is 20.8 Å². The standard InChI is InChI=1S/C13H25N3O5S2/c1-4-7(10(14)17)9(22-3)6-13(16,20)12(19)21-23-8(5-2)11(15)18/h7-9,20H,4-6,16H2,1-3H3,(H2,14,17)(H2,15,18). The van der Waals surface area contributed by atoms with Crippen molar-refractivity contribution in [3.63, 3.8) is 0 Å². The van der Waals surface area contributed by atoms with Crippen molar-refractivity contribution < 1.29 is 23.7 Å². The van der Waals surface area contributed by atoms with E-state index in [9.17, 15) is 19.5 Å². The Morgan fingerprint density at radius 3 is 2.09 bits per heavy atom. The molecule has 0 aromatic heterocycles. The average molecular weight is 367 g/mol. The Kier molecular flexibility index (Phi) is 9.59. The van der Waals surface area contributed by atoms with Gasteiger partial charge in [0.05, 0.1) is 12.0 Å². The van der Waals surface area contributed by atoms with Gasteiger partial charge in [0.2, 0.25) is 17.5 Å². The molecule has 0 aliphatic rings. The Morgan fingerprint density at radius 2 is 1.74 bits per heavy atom. The van der Waals surface area contributed by atoms with Gasteiger partial charge in [-0.05, 0) is 19.1 Å². The number of carbonyl (C=O) groups excluding carboxylic acids is 3. The maximum atomic E-state index is 11.9.